The molecule has 0 aromatic carbocycles. The number of nitrogen functional groups attached to an aromatic ring is 1. The Morgan fingerprint density at radius 1 is 1.38 bits per heavy atom. The van der Waals surface area contributed by atoms with E-state index in [0.717, 1.165) is 0 Å². The summed E-state index contributed by atoms with van der Waals surface area (Å²) in [6.45, 7) is 7.63. The summed E-state index contributed by atoms with van der Waals surface area (Å²) in [6.07, 6.45) is 2.05. The number of alkyl halides is 2. The smallest absolute Gasteiger partial charge is 0.337 e. The number of rotatable bonds is 17. The number of nitrogens with one attached hydrogen (secondary N) is 1. The number of esters is 1. The molecular formula is C28H37F2N8O7PS. The Kier molecular flexibility index (Phi) is 12.6. The Bertz CT molecular complexity index is 1480. The van der Waals surface area contributed by atoms with Crippen molar-refractivity contribution in [2.75, 3.05) is 62.9 Å². The van der Waals surface area contributed by atoms with Crippen LogP contribution in [0.2, 0.25) is 0 Å². The lowest BCUT2D eigenvalue weighted by Gasteiger charge is -2.27. The summed E-state index contributed by atoms with van der Waals surface area (Å²) in [6, 6.07) is 0. The molecule has 0 radical (unpaired) electrons. The molecular weight excluding hydrogens is 661 g/mol. The van der Waals surface area contributed by atoms with E-state index in [4.69, 9.17) is 24.3 Å². The molecule has 1 saturated heterocycles. The van der Waals surface area contributed by atoms with Gasteiger partial charge in [0.05, 0.1) is 31.4 Å². The molecule has 0 aliphatic carbocycles. The van der Waals surface area contributed by atoms with Crippen molar-refractivity contribution >= 4 is 49.1 Å². The summed E-state index contributed by atoms with van der Waals surface area (Å²) in [5.74, 6) is -3.96. The number of nitrogens with two attached hydrogens (primary N) is 1. The highest BCUT2D eigenvalue weighted by atomic mass is 32.1. The van der Waals surface area contributed by atoms with Gasteiger partial charge in [-0.2, -0.15) is 0 Å². The fourth-order valence-electron chi connectivity index (χ4n) is 4.68. The van der Waals surface area contributed by atoms with Crippen LogP contribution < -0.4 is 16.0 Å². The van der Waals surface area contributed by atoms with Crippen molar-refractivity contribution in [2.45, 2.75) is 38.9 Å². The van der Waals surface area contributed by atoms with Crippen LogP contribution in [0.25, 0.3) is 0 Å². The van der Waals surface area contributed by atoms with E-state index in [9.17, 15) is 14.7 Å². The summed E-state index contributed by atoms with van der Waals surface area (Å²) in [7, 11) is -2.21. The van der Waals surface area contributed by atoms with Crippen LogP contribution in [0.5, 0.6) is 0 Å². The first-order chi connectivity index (χ1) is 22.4. The number of carboxylic acid groups (broad SMARTS) is 1. The molecule has 2 aliphatic rings. The summed E-state index contributed by atoms with van der Waals surface area (Å²) in [5, 5.41) is 14.6. The number of aromatic nitrogens is 3. The highest BCUT2D eigenvalue weighted by molar-refractivity contribution is 7.47. The number of ether oxygens (including phenoxy) is 2. The predicted molar refractivity (Wildman–Crippen MR) is 171 cm³/mol. The van der Waals surface area contributed by atoms with E-state index in [1.54, 1.807) is 37.2 Å². The molecule has 47 heavy (non-hydrogen) atoms. The Labute approximate surface area is 275 Å². The van der Waals surface area contributed by atoms with E-state index >= 15 is 8.78 Å². The molecule has 0 amide bonds. The van der Waals surface area contributed by atoms with Crippen LogP contribution in [0.1, 0.15) is 24.4 Å². The van der Waals surface area contributed by atoms with Gasteiger partial charge in [0.15, 0.2) is 25.8 Å². The molecule has 0 saturated carbocycles. The highest BCUT2D eigenvalue weighted by Crippen LogP contribution is 2.45. The second kappa shape index (κ2) is 16.4. The lowest BCUT2D eigenvalue weighted by molar-refractivity contribution is -0.140. The fourth-order valence-corrected chi connectivity index (χ4v) is 6.61. The van der Waals surface area contributed by atoms with Crippen LogP contribution in [-0.4, -0.2) is 113 Å². The second-order valence-corrected chi connectivity index (χ2v) is 12.8. The Hall–Kier alpha value is -3.67. The number of likely N-dealkylation sites (tertiary alicyclic amines) is 1. The maximum absolute atomic E-state index is 15.4. The van der Waals surface area contributed by atoms with Crippen molar-refractivity contribution in [2.24, 2.45) is 4.99 Å². The molecule has 15 nitrogen and oxygen atoms in total. The van der Waals surface area contributed by atoms with E-state index in [1.165, 1.54) is 28.8 Å². The van der Waals surface area contributed by atoms with Gasteiger partial charge in [0.2, 0.25) is 0 Å². The van der Waals surface area contributed by atoms with Crippen LogP contribution >= 0.6 is 19.7 Å². The number of carbonyl (C=O) groups is 2. The van der Waals surface area contributed by atoms with Crippen LogP contribution in [0, 0.1) is 6.92 Å². The number of carbonyl (C=O) groups excluding carboxylic acids is 1. The number of hydrogen-bond donors (Lipinski definition) is 3. The lowest BCUT2D eigenvalue weighted by Crippen LogP contribution is -2.38. The first kappa shape index (κ1) is 36.2. The van der Waals surface area contributed by atoms with Crippen molar-refractivity contribution in [1.82, 2.24) is 25.2 Å². The summed E-state index contributed by atoms with van der Waals surface area (Å²) in [4.78, 5) is 43.9. The fraction of sp³-hybridized carbons (Fsp3) is 0.500. The Balaban J connectivity index is 1.42. The van der Waals surface area contributed by atoms with Gasteiger partial charge in [0.1, 0.15) is 30.4 Å². The SMILES string of the molecule is C=CN(C[C@@H](C)OCP(OCC(=O)O)OC1CN(CC2=C(C(=O)OCC)CN=C(c3nccs3)N2)CC1(F)F)c1ncnc(N)c1C. The Morgan fingerprint density at radius 3 is 2.85 bits per heavy atom. The van der Waals surface area contributed by atoms with Gasteiger partial charge in [-0.25, -0.2) is 33.3 Å². The van der Waals surface area contributed by atoms with Crippen molar-refractivity contribution in [3.63, 3.8) is 0 Å². The van der Waals surface area contributed by atoms with Crippen LogP contribution in [0.4, 0.5) is 20.4 Å². The number of aliphatic imine (C=N–C) groups is 1. The Morgan fingerprint density at radius 2 is 2.17 bits per heavy atom. The number of amidine groups is 1. The van der Waals surface area contributed by atoms with Crippen molar-refractivity contribution in [3.05, 3.63) is 52.5 Å². The van der Waals surface area contributed by atoms with Gasteiger partial charge >= 0.3 is 11.9 Å². The quantitative estimate of drug-likeness (QED) is 0.162. The first-order valence-electron chi connectivity index (χ1n) is 14.5. The molecule has 1 fully saturated rings. The monoisotopic (exact) mass is 698 g/mol. The minimum atomic E-state index is -3.32. The highest BCUT2D eigenvalue weighted by Gasteiger charge is 2.50. The molecule has 0 spiro atoms. The van der Waals surface area contributed by atoms with Gasteiger partial charge in [-0.3, -0.25) is 9.89 Å². The minimum Gasteiger partial charge on any atom is -0.480 e. The zero-order valence-corrected chi connectivity index (χ0v) is 27.8. The summed E-state index contributed by atoms with van der Waals surface area (Å²) < 4.78 is 52.8. The summed E-state index contributed by atoms with van der Waals surface area (Å²) in [5.41, 5.74) is 7.14. The minimum absolute atomic E-state index is 0.00243. The molecule has 2 unspecified atom stereocenters. The van der Waals surface area contributed by atoms with Crippen LogP contribution in [0.3, 0.4) is 0 Å². The molecule has 0 bridgehead atoms. The third-order valence-electron chi connectivity index (χ3n) is 6.98. The number of anilines is 2. The van der Waals surface area contributed by atoms with Crippen molar-refractivity contribution in [1.29, 1.82) is 0 Å². The van der Waals surface area contributed by atoms with E-state index < -0.39 is 51.6 Å². The standard InChI is InChI=1S/C28H37F2N8O7PS/c1-5-38(25-18(4)23(31)34-15-35-25)10-17(3)43-16-46(44-13-22(39)40)45-21-12-37(14-28(21,29)30)11-20-19(27(41)42-6-2)9-33-24(36-20)26-32-7-8-47-26/h5,7-8,15,17,21H,1,6,9-14,16H2,2-4H3,(H,33,36)(H,39,40)(H2,31,34,35)/t17-,21?,46?/m1/s1. The third-order valence-corrected chi connectivity index (χ3v) is 9.03. The molecule has 3 atom stereocenters. The molecule has 2 aromatic heterocycles. The zero-order chi connectivity index (χ0) is 34.1. The van der Waals surface area contributed by atoms with Gasteiger partial charge in [0, 0.05) is 42.5 Å². The molecule has 4 rings (SSSR count). The average molecular weight is 699 g/mol. The maximum Gasteiger partial charge on any atom is 0.337 e. The molecule has 2 aromatic rings. The van der Waals surface area contributed by atoms with Gasteiger partial charge in [0.25, 0.3) is 5.92 Å². The summed E-state index contributed by atoms with van der Waals surface area (Å²) >= 11 is 1.34. The van der Waals surface area contributed by atoms with E-state index in [-0.39, 0.29) is 44.7 Å². The number of carboxylic acids is 1. The van der Waals surface area contributed by atoms with E-state index in [2.05, 4.69) is 31.8 Å². The van der Waals surface area contributed by atoms with Crippen molar-refractivity contribution in [3.8, 4) is 0 Å². The van der Waals surface area contributed by atoms with Gasteiger partial charge in [-0.15, -0.1) is 11.3 Å². The second-order valence-electron chi connectivity index (χ2n) is 10.5. The van der Waals surface area contributed by atoms with Gasteiger partial charge in [-0.1, -0.05) is 6.58 Å². The number of nitrogens with zero attached hydrogens (tertiary/aromatic N) is 6. The van der Waals surface area contributed by atoms with Gasteiger partial charge < -0.3 is 39.6 Å². The lowest BCUT2D eigenvalue weighted by atomic mass is 10.1. The molecule has 256 valence electrons. The zero-order valence-electron chi connectivity index (χ0n) is 26.1. The topological polar surface area (TPSA) is 187 Å². The van der Waals surface area contributed by atoms with Gasteiger partial charge in [-0.05, 0) is 27.0 Å². The van der Waals surface area contributed by atoms with Crippen LogP contribution in [0.15, 0.2) is 46.9 Å². The van der Waals surface area contributed by atoms with Crippen LogP contribution in [-0.2, 0) is 28.1 Å². The number of aliphatic carboxylic acids is 1. The number of hydrogen-bond acceptors (Lipinski definition) is 15. The molecule has 2 aliphatic heterocycles. The normalized spacial score (nSPS) is 19.1. The third kappa shape index (κ3) is 9.68. The maximum atomic E-state index is 15.4. The van der Waals surface area contributed by atoms with Crippen molar-refractivity contribution < 1.29 is 42.0 Å². The average Bonchev–Trinajstić information content (AvgIpc) is 3.66. The first-order valence-corrected chi connectivity index (χ1v) is 16.7. The largest absolute Gasteiger partial charge is 0.480 e. The van der Waals surface area contributed by atoms with E-state index in [1.807, 2.05) is 0 Å². The number of halogens is 2. The predicted octanol–water partition coefficient (Wildman–Crippen LogP) is 2.75. The van der Waals surface area contributed by atoms with E-state index in [0.29, 0.717) is 33.7 Å². The molecule has 19 heteroatoms. The molecule has 4 heterocycles. The molecule has 4 N–H and O–H groups in total. The number of thiazole rings is 1.